The topological polar surface area (TPSA) is 61.7 Å². The molecule has 0 fully saturated rings. The maximum atomic E-state index is 13.2. The number of aromatic hydroxyl groups is 1. The molecule has 0 saturated carbocycles. The van der Waals surface area contributed by atoms with Crippen LogP contribution in [0.3, 0.4) is 0 Å². The molecule has 110 valence electrons. The van der Waals surface area contributed by atoms with Gasteiger partial charge in [0.15, 0.2) is 0 Å². The van der Waals surface area contributed by atoms with Crippen LogP contribution < -0.4 is 5.48 Å². The molecule has 0 aliphatic carbocycles. The smallest absolute Gasteiger partial charge is 0.365 e. The van der Waals surface area contributed by atoms with E-state index in [2.05, 4.69) is 4.84 Å². The highest BCUT2D eigenvalue weighted by molar-refractivity contribution is 5.70. The van der Waals surface area contributed by atoms with Crippen molar-refractivity contribution in [3.63, 3.8) is 0 Å². The monoisotopic (exact) mass is 293 g/mol. The predicted octanol–water partition coefficient (Wildman–Crippen LogP) is 2.17. The van der Waals surface area contributed by atoms with Crippen LogP contribution in [0.2, 0.25) is 0 Å². The van der Waals surface area contributed by atoms with Crippen molar-refractivity contribution in [2.45, 2.75) is 25.1 Å². The zero-order valence-electron chi connectivity index (χ0n) is 10.2. The second-order valence-electron chi connectivity index (χ2n) is 4.40. The van der Waals surface area contributed by atoms with Crippen molar-refractivity contribution in [3.05, 3.63) is 35.4 Å². The number of nitrogens with one attached hydrogen (secondary N) is 1. The zero-order valence-corrected chi connectivity index (χ0v) is 10.2. The quantitative estimate of drug-likeness (QED) is 0.747. The number of benzene rings is 1. The van der Waals surface area contributed by atoms with Crippen LogP contribution in [0.4, 0.5) is 17.6 Å². The maximum Gasteiger partial charge on any atom is 0.365 e. The Hall–Kier alpha value is -1.80. The molecule has 3 N–H and O–H groups in total. The van der Waals surface area contributed by atoms with Crippen LogP contribution in [0.25, 0.3) is 5.70 Å². The van der Waals surface area contributed by atoms with Crippen LogP contribution in [-0.2, 0) is 4.84 Å². The molecule has 1 aliphatic rings. The molecular weight excluding hydrogens is 282 g/mol. The number of phenolic OH excluding ortho intramolecular Hbond substituents is 1. The first kappa shape index (κ1) is 14.6. The summed E-state index contributed by atoms with van der Waals surface area (Å²) >= 11 is 0. The average molecular weight is 293 g/mol. The fourth-order valence-electron chi connectivity index (χ4n) is 1.71. The van der Waals surface area contributed by atoms with E-state index in [-0.39, 0.29) is 17.0 Å². The maximum absolute atomic E-state index is 13.2. The number of aryl methyl sites for hydroxylation is 1. The summed E-state index contributed by atoms with van der Waals surface area (Å²) in [6.45, 7) is 1.68. The number of hydroxylamine groups is 1. The minimum absolute atomic E-state index is 0.0472. The van der Waals surface area contributed by atoms with Crippen LogP contribution in [0.5, 0.6) is 5.75 Å². The Morgan fingerprint density at radius 2 is 2.00 bits per heavy atom. The number of alkyl halides is 4. The van der Waals surface area contributed by atoms with E-state index in [1.165, 1.54) is 12.1 Å². The molecular formula is C12H11F4NO3. The normalized spacial score (nSPS) is 22.9. The van der Waals surface area contributed by atoms with E-state index in [1.807, 2.05) is 5.48 Å². The average Bonchev–Trinajstić information content (AvgIpc) is 2.76. The largest absolute Gasteiger partial charge is 0.507 e. The van der Waals surface area contributed by atoms with Gasteiger partial charge < -0.3 is 10.2 Å². The standard InChI is InChI=1S/C12H11F4NO3/c1-6-2-3-9(18)7(4-6)8-5-11(19,20-17-8)12(15,16)10(13)14/h2-5,10,17-19H,1H3. The summed E-state index contributed by atoms with van der Waals surface area (Å²) in [6, 6.07) is 4.29. The molecule has 1 unspecified atom stereocenters. The van der Waals surface area contributed by atoms with Crippen LogP contribution in [0, 0.1) is 6.92 Å². The Labute approximate surface area is 111 Å². The van der Waals surface area contributed by atoms with Gasteiger partial charge in [-0.05, 0) is 19.1 Å². The molecule has 20 heavy (non-hydrogen) atoms. The number of hydrogen-bond acceptors (Lipinski definition) is 4. The van der Waals surface area contributed by atoms with Gasteiger partial charge in [0, 0.05) is 11.6 Å². The lowest BCUT2D eigenvalue weighted by atomic mass is 10.0. The lowest BCUT2D eigenvalue weighted by Gasteiger charge is -2.27. The minimum atomic E-state index is -4.80. The molecule has 0 amide bonds. The van der Waals surface area contributed by atoms with Crippen molar-refractivity contribution in [2.24, 2.45) is 0 Å². The summed E-state index contributed by atoms with van der Waals surface area (Å²) in [5.41, 5.74) is 2.44. The summed E-state index contributed by atoms with van der Waals surface area (Å²) in [5.74, 6) is -8.57. The first-order valence-electron chi connectivity index (χ1n) is 5.52. The van der Waals surface area contributed by atoms with Crippen LogP contribution in [0.1, 0.15) is 11.1 Å². The minimum Gasteiger partial charge on any atom is -0.507 e. The van der Waals surface area contributed by atoms with Crippen molar-refractivity contribution in [2.75, 3.05) is 0 Å². The summed E-state index contributed by atoms with van der Waals surface area (Å²) in [5, 5.41) is 19.1. The van der Waals surface area contributed by atoms with E-state index in [0.29, 0.717) is 11.6 Å². The van der Waals surface area contributed by atoms with E-state index in [0.717, 1.165) is 0 Å². The van der Waals surface area contributed by atoms with Gasteiger partial charge in [-0.25, -0.2) is 13.6 Å². The Bertz CT molecular complexity index is 562. The predicted molar refractivity (Wildman–Crippen MR) is 60.9 cm³/mol. The van der Waals surface area contributed by atoms with Crippen molar-refractivity contribution in [3.8, 4) is 5.75 Å². The third-order valence-electron chi connectivity index (χ3n) is 2.85. The second kappa shape index (κ2) is 4.64. The molecule has 1 aliphatic heterocycles. The van der Waals surface area contributed by atoms with E-state index < -0.39 is 18.1 Å². The lowest BCUT2D eigenvalue weighted by Crippen LogP contribution is -2.52. The highest BCUT2D eigenvalue weighted by Gasteiger charge is 2.62. The third-order valence-corrected chi connectivity index (χ3v) is 2.85. The molecule has 8 heteroatoms. The fraction of sp³-hybridized carbons (Fsp3) is 0.333. The fourth-order valence-corrected chi connectivity index (χ4v) is 1.71. The second-order valence-corrected chi connectivity index (χ2v) is 4.40. The summed E-state index contributed by atoms with van der Waals surface area (Å²) in [4.78, 5) is 4.20. The highest BCUT2D eigenvalue weighted by Crippen LogP contribution is 2.41. The zero-order chi connectivity index (χ0) is 15.1. The van der Waals surface area contributed by atoms with E-state index in [9.17, 15) is 27.8 Å². The van der Waals surface area contributed by atoms with E-state index >= 15 is 0 Å². The Morgan fingerprint density at radius 3 is 2.60 bits per heavy atom. The number of rotatable bonds is 3. The summed E-state index contributed by atoms with van der Waals surface area (Å²) < 4.78 is 51.0. The number of hydrogen-bond donors (Lipinski definition) is 3. The van der Waals surface area contributed by atoms with Crippen molar-refractivity contribution < 1.29 is 32.6 Å². The first-order valence-corrected chi connectivity index (χ1v) is 5.52. The van der Waals surface area contributed by atoms with Gasteiger partial charge in [-0.3, -0.25) is 5.48 Å². The van der Waals surface area contributed by atoms with Crippen LogP contribution in [-0.4, -0.2) is 28.3 Å². The first-order chi connectivity index (χ1) is 9.17. The summed E-state index contributed by atoms with van der Waals surface area (Å²) in [7, 11) is 0. The van der Waals surface area contributed by atoms with Gasteiger partial charge in [0.05, 0.1) is 5.70 Å². The van der Waals surface area contributed by atoms with E-state index in [1.54, 1.807) is 13.0 Å². The Kier molecular flexibility index (Phi) is 3.39. The van der Waals surface area contributed by atoms with Crippen molar-refractivity contribution in [1.82, 2.24) is 5.48 Å². The molecule has 0 bridgehead atoms. The highest BCUT2D eigenvalue weighted by atomic mass is 19.3. The van der Waals surface area contributed by atoms with Gasteiger partial charge in [0.1, 0.15) is 5.75 Å². The molecule has 0 aromatic heterocycles. The van der Waals surface area contributed by atoms with Gasteiger partial charge in [0.2, 0.25) is 0 Å². The molecule has 2 rings (SSSR count). The third kappa shape index (κ3) is 2.20. The van der Waals surface area contributed by atoms with Crippen molar-refractivity contribution in [1.29, 1.82) is 0 Å². The molecule has 1 atom stereocenters. The number of aliphatic hydroxyl groups is 1. The van der Waals surface area contributed by atoms with Crippen LogP contribution >= 0.6 is 0 Å². The molecule has 0 spiro atoms. The molecule has 0 radical (unpaired) electrons. The van der Waals surface area contributed by atoms with Crippen LogP contribution in [0.15, 0.2) is 24.3 Å². The molecule has 0 saturated heterocycles. The van der Waals surface area contributed by atoms with Gasteiger partial charge in [-0.15, -0.1) is 0 Å². The molecule has 1 heterocycles. The Balaban J connectivity index is 2.42. The van der Waals surface area contributed by atoms with E-state index in [4.69, 9.17) is 0 Å². The van der Waals surface area contributed by atoms with Gasteiger partial charge >= 0.3 is 12.3 Å². The van der Waals surface area contributed by atoms with Gasteiger partial charge in [-0.1, -0.05) is 11.6 Å². The molecule has 4 nitrogen and oxygen atoms in total. The summed E-state index contributed by atoms with van der Waals surface area (Å²) in [6.07, 6.45) is -3.70. The number of phenols is 1. The van der Waals surface area contributed by atoms with Gasteiger partial charge in [-0.2, -0.15) is 8.78 Å². The lowest BCUT2D eigenvalue weighted by molar-refractivity contribution is -0.328. The van der Waals surface area contributed by atoms with Crippen molar-refractivity contribution >= 4 is 5.70 Å². The van der Waals surface area contributed by atoms with Gasteiger partial charge in [0.25, 0.3) is 5.79 Å². The molecule has 1 aromatic rings. The number of halogens is 4. The molecule has 1 aromatic carbocycles. The Morgan fingerprint density at radius 1 is 1.35 bits per heavy atom. The SMILES string of the molecule is Cc1ccc(O)c(C2=CC(O)(C(F)(F)C(F)F)ON2)c1.